The van der Waals surface area contributed by atoms with Gasteiger partial charge in [0.25, 0.3) is 0 Å². The van der Waals surface area contributed by atoms with E-state index in [2.05, 4.69) is 53.8 Å². The Morgan fingerprint density at radius 3 is 2.24 bits per heavy atom. The van der Waals surface area contributed by atoms with Crippen molar-refractivity contribution in [3.63, 3.8) is 0 Å². The number of hydrogen-bond acceptors (Lipinski definition) is 4. The van der Waals surface area contributed by atoms with Gasteiger partial charge in [0, 0.05) is 17.3 Å². The van der Waals surface area contributed by atoms with Crippen LogP contribution in [0.5, 0.6) is 11.5 Å². The average Bonchev–Trinajstić information content (AvgIpc) is 3.36. The first-order valence-electron chi connectivity index (χ1n) is 13.2. The maximum Gasteiger partial charge on any atom is 0.237 e. The lowest BCUT2D eigenvalue weighted by molar-refractivity contribution is -0.127. The van der Waals surface area contributed by atoms with Gasteiger partial charge in [-0.2, -0.15) is 0 Å². The molecule has 2 unspecified atom stereocenters. The summed E-state index contributed by atoms with van der Waals surface area (Å²) < 4.78 is 11.0. The van der Waals surface area contributed by atoms with Crippen molar-refractivity contribution >= 4 is 17.3 Å². The van der Waals surface area contributed by atoms with Gasteiger partial charge in [-0.1, -0.05) is 54.6 Å². The van der Waals surface area contributed by atoms with Crippen molar-refractivity contribution in [3.05, 3.63) is 119 Å². The number of anilines is 2. The maximum atomic E-state index is 13.9. The lowest BCUT2D eigenvalue weighted by atomic mass is 9.68. The molecule has 1 aliphatic carbocycles. The molecule has 1 fully saturated rings. The van der Waals surface area contributed by atoms with Crippen molar-refractivity contribution < 1.29 is 14.3 Å². The third-order valence-electron chi connectivity index (χ3n) is 8.67. The molecule has 0 bridgehead atoms. The topological polar surface area (TPSA) is 50.8 Å². The van der Waals surface area contributed by atoms with E-state index in [0.29, 0.717) is 5.92 Å². The molecule has 4 aromatic rings. The molecule has 4 aromatic carbocycles. The molecule has 5 heteroatoms. The quantitative estimate of drug-likeness (QED) is 0.340. The molecular formula is C33H30N2O3. The Morgan fingerprint density at radius 1 is 0.763 bits per heavy atom. The van der Waals surface area contributed by atoms with E-state index in [1.807, 2.05) is 53.4 Å². The summed E-state index contributed by atoms with van der Waals surface area (Å²) in [5.41, 5.74) is 7.14. The summed E-state index contributed by atoms with van der Waals surface area (Å²) in [6, 6.07) is 33.3. The van der Waals surface area contributed by atoms with Gasteiger partial charge < -0.3 is 19.7 Å². The monoisotopic (exact) mass is 502 g/mol. The Morgan fingerprint density at radius 2 is 1.47 bits per heavy atom. The highest BCUT2D eigenvalue weighted by Crippen LogP contribution is 2.54. The van der Waals surface area contributed by atoms with E-state index in [-0.39, 0.29) is 29.8 Å². The Bertz CT molecular complexity index is 1500. The zero-order valence-corrected chi connectivity index (χ0v) is 21.5. The molecule has 0 spiro atoms. The SMILES string of the molecule is COc1ccc(N2C(=O)C(c3ccccc3)C2[C@@H]2Nc3ccc(OC)cc3[C@@H]3c4ccccc4C[C@@H]32)cc1. The minimum Gasteiger partial charge on any atom is -0.497 e. The lowest BCUT2D eigenvalue weighted by Crippen LogP contribution is -2.68. The molecule has 38 heavy (non-hydrogen) atoms. The molecule has 1 N–H and O–H groups in total. The molecule has 0 aromatic heterocycles. The molecular weight excluding hydrogens is 472 g/mol. The molecule has 2 aliphatic heterocycles. The number of methoxy groups -OCH3 is 2. The highest BCUT2D eigenvalue weighted by molar-refractivity contribution is 6.07. The van der Waals surface area contributed by atoms with Crippen molar-refractivity contribution in [1.29, 1.82) is 0 Å². The Kier molecular flexibility index (Phi) is 5.39. The number of hydrogen-bond donors (Lipinski definition) is 1. The molecule has 1 saturated heterocycles. The van der Waals surface area contributed by atoms with Crippen LogP contribution in [-0.4, -0.2) is 32.2 Å². The second-order valence-corrected chi connectivity index (χ2v) is 10.5. The van der Waals surface area contributed by atoms with E-state index in [1.54, 1.807) is 14.2 Å². The van der Waals surface area contributed by atoms with Crippen molar-refractivity contribution in [2.24, 2.45) is 5.92 Å². The molecule has 3 aliphatic rings. The van der Waals surface area contributed by atoms with E-state index >= 15 is 0 Å². The van der Waals surface area contributed by atoms with Gasteiger partial charge in [-0.25, -0.2) is 0 Å². The smallest absolute Gasteiger partial charge is 0.237 e. The zero-order valence-electron chi connectivity index (χ0n) is 21.5. The van der Waals surface area contributed by atoms with Crippen LogP contribution in [0.15, 0.2) is 97.1 Å². The Hall–Kier alpha value is -4.25. The van der Waals surface area contributed by atoms with Crippen LogP contribution < -0.4 is 19.7 Å². The zero-order chi connectivity index (χ0) is 25.8. The number of carbonyl (C=O) groups excluding carboxylic acids is 1. The predicted octanol–water partition coefficient (Wildman–Crippen LogP) is 6.00. The first-order valence-corrected chi connectivity index (χ1v) is 13.2. The second kappa shape index (κ2) is 8.95. The number of amides is 1. The number of rotatable bonds is 5. The standard InChI is InChI=1S/C33H30N2O3/c1-37-23-14-12-22(13-15-23)35-32(29(33(35)36)20-8-4-3-5-9-20)31-27-18-21-10-6-7-11-25(21)30(27)26-19-24(38-2)16-17-28(26)34-31/h3-17,19,27,29-32,34H,18H2,1-2H3/t27-,29?,30-,31+,32?/m0/s1. The van der Waals surface area contributed by atoms with Crippen LogP contribution >= 0.6 is 0 Å². The number of ether oxygens (including phenoxy) is 2. The van der Waals surface area contributed by atoms with Crippen LogP contribution in [0.1, 0.15) is 34.1 Å². The fraction of sp³-hybridized carbons (Fsp3) is 0.242. The molecule has 2 heterocycles. The summed E-state index contributed by atoms with van der Waals surface area (Å²) >= 11 is 0. The van der Waals surface area contributed by atoms with Gasteiger partial charge in [-0.05, 0) is 77.1 Å². The summed E-state index contributed by atoms with van der Waals surface area (Å²) in [6.45, 7) is 0. The molecule has 1 amide bonds. The molecule has 5 atom stereocenters. The van der Waals surface area contributed by atoms with Gasteiger partial charge >= 0.3 is 0 Å². The van der Waals surface area contributed by atoms with Crippen LogP contribution in [0.25, 0.3) is 0 Å². The number of carbonyl (C=O) groups is 1. The maximum absolute atomic E-state index is 13.9. The molecule has 0 radical (unpaired) electrons. The summed E-state index contributed by atoms with van der Waals surface area (Å²) in [4.78, 5) is 15.9. The van der Waals surface area contributed by atoms with Gasteiger partial charge in [-0.3, -0.25) is 4.79 Å². The second-order valence-electron chi connectivity index (χ2n) is 10.5. The van der Waals surface area contributed by atoms with Crippen molar-refractivity contribution in [2.45, 2.75) is 30.3 Å². The van der Waals surface area contributed by atoms with Crippen molar-refractivity contribution in [2.75, 3.05) is 24.4 Å². The first kappa shape index (κ1) is 22.9. The lowest BCUT2D eigenvalue weighted by Gasteiger charge is -2.54. The van der Waals surface area contributed by atoms with Gasteiger partial charge in [0.1, 0.15) is 11.5 Å². The Labute approximate surface area is 223 Å². The van der Waals surface area contributed by atoms with E-state index < -0.39 is 0 Å². The van der Waals surface area contributed by atoms with Gasteiger partial charge in [0.05, 0.1) is 32.2 Å². The van der Waals surface area contributed by atoms with Crippen molar-refractivity contribution in [3.8, 4) is 11.5 Å². The van der Waals surface area contributed by atoms with E-state index in [1.165, 1.54) is 16.7 Å². The largest absolute Gasteiger partial charge is 0.497 e. The minimum atomic E-state index is -0.208. The first-order chi connectivity index (χ1) is 18.7. The normalized spacial score (nSPS) is 24.9. The van der Waals surface area contributed by atoms with Crippen LogP contribution in [0.4, 0.5) is 11.4 Å². The summed E-state index contributed by atoms with van der Waals surface area (Å²) in [7, 11) is 3.38. The predicted molar refractivity (Wildman–Crippen MR) is 149 cm³/mol. The molecule has 5 nitrogen and oxygen atoms in total. The molecule has 0 saturated carbocycles. The van der Waals surface area contributed by atoms with Crippen LogP contribution in [-0.2, 0) is 11.2 Å². The van der Waals surface area contributed by atoms with Gasteiger partial charge in [0.15, 0.2) is 0 Å². The molecule has 190 valence electrons. The van der Waals surface area contributed by atoms with E-state index in [0.717, 1.165) is 34.9 Å². The third-order valence-corrected chi connectivity index (χ3v) is 8.67. The number of β-lactam (4-membered cyclic amide) rings is 1. The van der Waals surface area contributed by atoms with Gasteiger partial charge in [0.2, 0.25) is 5.91 Å². The van der Waals surface area contributed by atoms with E-state index in [9.17, 15) is 4.79 Å². The summed E-state index contributed by atoms with van der Waals surface area (Å²) in [6.07, 6.45) is 0.970. The van der Waals surface area contributed by atoms with Crippen LogP contribution in [0.2, 0.25) is 0 Å². The average molecular weight is 503 g/mol. The van der Waals surface area contributed by atoms with Crippen LogP contribution in [0, 0.1) is 5.92 Å². The molecule has 7 rings (SSSR count). The minimum absolute atomic E-state index is 0.0321. The third kappa shape index (κ3) is 3.42. The highest BCUT2D eigenvalue weighted by atomic mass is 16.5. The summed E-state index contributed by atoms with van der Waals surface area (Å²) in [5.74, 6) is 2.13. The number of benzene rings is 4. The fourth-order valence-corrected chi connectivity index (χ4v) is 6.96. The van der Waals surface area contributed by atoms with Crippen molar-refractivity contribution in [1.82, 2.24) is 0 Å². The van der Waals surface area contributed by atoms with E-state index in [4.69, 9.17) is 9.47 Å². The number of fused-ring (bicyclic) bond motifs is 5. The summed E-state index contributed by atoms with van der Waals surface area (Å²) in [5, 5.41) is 3.92. The fourth-order valence-electron chi connectivity index (χ4n) is 6.96. The highest BCUT2D eigenvalue weighted by Gasteiger charge is 2.57. The number of nitrogens with zero attached hydrogens (tertiary/aromatic N) is 1. The Balaban J connectivity index is 1.36. The number of nitrogens with one attached hydrogen (secondary N) is 1. The van der Waals surface area contributed by atoms with Gasteiger partial charge in [-0.15, -0.1) is 0 Å². The van der Waals surface area contributed by atoms with Crippen LogP contribution in [0.3, 0.4) is 0 Å².